The smallest absolute Gasteiger partial charge is 0.245 e. The third-order valence-corrected chi connectivity index (χ3v) is 4.12. The first-order chi connectivity index (χ1) is 10.2. The molecule has 1 aliphatic carbocycles. The Morgan fingerprint density at radius 3 is 3.00 bits per heavy atom. The Hall–Kier alpha value is -2.41. The maximum Gasteiger partial charge on any atom is 0.245 e. The number of aromatic nitrogens is 2. The number of carbonyl (C=O) groups is 1. The van der Waals surface area contributed by atoms with E-state index in [4.69, 9.17) is 10.4 Å². The molecule has 3 heterocycles. The first-order valence-corrected chi connectivity index (χ1v) is 6.97. The second-order valence-electron chi connectivity index (χ2n) is 5.51. The average Bonchev–Trinajstić information content (AvgIpc) is 2.80. The zero-order valence-electron chi connectivity index (χ0n) is 11.7. The van der Waals surface area contributed by atoms with Gasteiger partial charge in [-0.3, -0.25) is 4.79 Å². The second kappa shape index (κ2) is 4.29. The Kier molecular flexibility index (Phi) is 2.52. The lowest BCUT2D eigenvalue weighted by atomic mass is 10.1. The molecule has 108 valence electrons. The van der Waals surface area contributed by atoms with E-state index in [2.05, 4.69) is 15.5 Å². The molecule has 7 heteroatoms. The van der Waals surface area contributed by atoms with Crippen LogP contribution in [0.15, 0.2) is 18.2 Å². The molecule has 3 aliphatic heterocycles. The molecule has 0 aromatic heterocycles. The van der Waals surface area contributed by atoms with Gasteiger partial charge in [-0.2, -0.15) is 0 Å². The number of carbonyl (C=O) groups excluding carboxylic acids is 1. The van der Waals surface area contributed by atoms with Gasteiger partial charge in [0, 0.05) is 19.1 Å². The van der Waals surface area contributed by atoms with Crippen molar-refractivity contribution in [1.29, 1.82) is 5.41 Å². The third-order valence-electron chi connectivity index (χ3n) is 4.12. The van der Waals surface area contributed by atoms with Gasteiger partial charge in [-0.25, -0.2) is 4.98 Å². The fourth-order valence-electron chi connectivity index (χ4n) is 2.90. The van der Waals surface area contributed by atoms with Crippen LogP contribution >= 0.6 is 0 Å². The minimum atomic E-state index is -0.0355. The lowest BCUT2D eigenvalue weighted by Gasteiger charge is -2.40. The van der Waals surface area contributed by atoms with E-state index in [1.165, 1.54) is 0 Å². The first kappa shape index (κ1) is 12.3. The van der Waals surface area contributed by atoms with Crippen LogP contribution < -0.4 is 20.9 Å². The quantitative estimate of drug-likeness (QED) is 0.714. The number of nitrogens with one attached hydrogen (secondary N) is 3. The van der Waals surface area contributed by atoms with E-state index in [1.54, 1.807) is 12.1 Å². The van der Waals surface area contributed by atoms with Crippen LogP contribution in [0, 0.1) is 5.41 Å². The van der Waals surface area contributed by atoms with Crippen molar-refractivity contribution in [3.05, 3.63) is 23.6 Å². The van der Waals surface area contributed by atoms with Crippen LogP contribution in [-0.2, 0) is 11.3 Å². The molecule has 0 saturated carbocycles. The van der Waals surface area contributed by atoms with Crippen molar-refractivity contribution in [2.45, 2.75) is 12.6 Å². The third kappa shape index (κ3) is 1.81. The van der Waals surface area contributed by atoms with E-state index in [0.717, 1.165) is 36.1 Å². The standard InChI is InChI=1S/C14H16N6O/c1-16-9-5-19(6-9)13-14-18-12(21)7-20(14)11-4-8(15)2-3-10(11)17-13/h2-4,9,15-16H,5-7H2,1H3,(H,18,21). The topological polar surface area (TPSA) is 86.0 Å². The molecule has 0 radical (unpaired) electrons. The lowest BCUT2D eigenvalue weighted by molar-refractivity contribution is -0.115. The molecule has 0 aromatic carbocycles. The van der Waals surface area contributed by atoms with Crippen LogP contribution in [0.2, 0.25) is 0 Å². The minimum Gasteiger partial charge on any atom is -0.350 e. The Balaban J connectivity index is 1.87. The molecule has 1 saturated heterocycles. The summed E-state index contributed by atoms with van der Waals surface area (Å²) in [5.74, 6) is 1.52. The molecule has 0 spiro atoms. The molecule has 21 heavy (non-hydrogen) atoms. The van der Waals surface area contributed by atoms with E-state index in [9.17, 15) is 4.79 Å². The molecule has 4 rings (SSSR count). The first-order valence-electron chi connectivity index (χ1n) is 6.97. The Bertz CT molecular complexity index is 761. The molecule has 7 nitrogen and oxygen atoms in total. The number of hydrogen-bond acceptors (Lipinski definition) is 5. The predicted octanol–water partition coefficient (Wildman–Crippen LogP) is -0.173. The van der Waals surface area contributed by atoms with Crippen molar-refractivity contribution < 1.29 is 4.79 Å². The molecular formula is C14H16N6O. The van der Waals surface area contributed by atoms with Gasteiger partial charge in [-0.15, -0.1) is 0 Å². The number of amides is 1. The van der Waals surface area contributed by atoms with Crippen LogP contribution in [0.3, 0.4) is 0 Å². The molecular weight excluding hydrogens is 268 g/mol. The molecule has 1 amide bonds. The van der Waals surface area contributed by atoms with Crippen LogP contribution in [0.1, 0.15) is 0 Å². The highest BCUT2D eigenvalue weighted by molar-refractivity contribution is 5.98. The normalized spacial score (nSPS) is 17.8. The Labute approximate surface area is 121 Å². The van der Waals surface area contributed by atoms with Crippen molar-refractivity contribution in [1.82, 2.24) is 14.9 Å². The van der Waals surface area contributed by atoms with Gasteiger partial charge in [0.15, 0.2) is 11.6 Å². The SMILES string of the molecule is CNC1CN(c2nc3ccc(=N)cc-3n3c2NC(=O)C3)C1. The summed E-state index contributed by atoms with van der Waals surface area (Å²) in [7, 11) is 1.95. The predicted molar refractivity (Wildman–Crippen MR) is 78.4 cm³/mol. The number of nitrogens with zero attached hydrogens (tertiary/aromatic N) is 3. The molecule has 0 aromatic rings. The molecule has 4 aliphatic rings. The van der Waals surface area contributed by atoms with Crippen LogP contribution in [0.25, 0.3) is 11.4 Å². The highest BCUT2D eigenvalue weighted by Crippen LogP contribution is 2.35. The number of anilines is 2. The highest BCUT2D eigenvalue weighted by atomic mass is 16.2. The van der Waals surface area contributed by atoms with E-state index in [-0.39, 0.29) is 12.5 Å². The fourth-order valence-corrected chi connectivity index (χ4v) is 2.90. The zero-order valence-corrected chi connectivity index (χ0v) is 11.7. The fraction of sp³-hybridized carbons (Fsp3) is 0.357. The second-order valence-corrected chi connectivity index (χ2v) is 5.51. The lowest BCUT2D eigenvalue weighted by Crippen LogP contribution is -2.57. The monoisotopic (exact) mass is 284 g/mol. The van der Waals surface area contributed by atoms with Gasteiger partial charge in [-0.1, -0.05) is 0 Å². The van der Waals surface area contributed by atoms with Gasteiger partial charge >= 0.3 is 0 Å². The van der Waals surface area contributed by atoms with Crippen LogP contribution in [0.4, 0.5) is 11.6 Å². The summed E-state index contributed by atoms with van der Waals surface area (Å²) in [4.78, 5) is 18.6. The number of fused-ring (bicyclic) bond motifs is 3. The van der Waals surface area contributed by atoms with E-state index in [1.807, 2.05) is 17.7 Å². The van der Waals surface area contributed by atoms with Crippen molar-refractivity contribution in [2.75, 3.05) is 30.4 Å². The van der Waals surface area contributed by atoms with Crippen molar-refractivity contribution >= 4 is 17.5 Å². The van der Waals surface area contributed by atoms with Gasteiger partial charge in [0.2, 0.25) is 5.91 Å². The summed E-state index contributed by atoms with van der Waals surface area (Å²) in [5.41, 5.74) is 1.64. The summed E-state index contributed by atoms with van der Waals surface area (Å²) < 4.78 is 1.92. The van der Waals surface area contributed by atoms with Gasteiger partial charge in [0.1, 0.15) is 6.54 Å². The van der Waals surface area contributed by atoms with Crippen LogP contribution in [0.5, 0.6) is 0 Å². The van der Waals surface area contributed by atoms with Crippen molar-refractivity contribution in [2.24, 2.45) is 0 Å². The largest absolute Gasteiger partial charge is 0.350 e. The summed E-state index contributed by atoms with van der Waals surface area (Å²) in [6.07, 6.45) is 0. The van der Waals surface area contributed by atoms with Crippen molar-refractivity contribution in [3.63, 3.8) is 0 Å². The summed E-state index contributed by atoms with van der Waals surface area (Å²) >= 11 is 0. The minimum absolute atomic E-state index is 0.0355. The number of benzene rings is 1. The highest BCUT2D eigenvalue weighted by Gasteiger charge is 2.33. The zero-order chi connectivity index (χ0) is 14.6. The average molecular weight is 284 g/mol. The van der Waals surface area contributed by atoms with Gasteiger partial charge in [0.05, 0.1) is 16.7 Å². The molecule has 0 bridgehead atoms. The Morgan fingerprint density at radius 1 is 1.43 bits per heavy atom. The van der Waals surface area contributed by atoms with E-state index in [0.29, 0.717) is 11.4 Å². The number of rotatable bonds is 2. The van der Waals surface area contributed by atoms with Gasteiger partial charge in [0.25, 0.3) is 0 Å². The van der Waals surface area contributed by atoms with Gasteiger partial charge < -0.3 is 25.5 Å². The summed E-state index contributed by atoms with van der Waals surface area (Å²) in [6, 6.07) is 5.79. The molecule has 0 unspecified atom stereocenters. The van der Waals surface area contributed by atoms with Gasteiger partial charge in [-0.05, 0) is 25.2 Å². The van der Waals surface area contributed by atoms with E-state index >= 15 is 0 Å². The molecule has 0 atom stereocenters. The van der Waals surface area contributed by atoms with Crippen molar-refractivity contribution in [3.8, 4) is 11.4 Å². The number of hydrogen-bond donors (Lipinski definition) is 3. The summed E-state index contributed by atoms with van der Waals surface area (Å²) in [5, 5.41) is 14.3. The maximum atomic E-state index is 11.8. The van der Waals surface area contributed by atoms with Crippen LogP contribution in [-0.4, -0.2) is 41.6 Å². The number of likely N-dealkylation sites (N-methyl/N-ethyl adjacent to an activating group) is 1. The maximum absolute atomic E-state index is 11.8. The molecule has 3 N–H and O–H groups in total. The van der Waals surface area contributed by atoms with E-state index < -0.39 is 0 Å². The Morgan fingerprint density at radius 2 is 2.24 bits per heavy atom. The molecule has 1 fully saturated rings. The summed E-state index contributed by atoms with van der Waals surface area (Å²) in [6.45, 7) is 2.05.